The van der Waals surface area contributed by atoms with Gasteiger partial charge in [0, 0.05) is 15.6 Å². The van der Waals surface area contributed by atoms with Crippen molar-refractivity contribution in [2.45, 2.75) is 13.5 Å². The maximum atomic E-state index is 5.80. The molecule has 1 aromatic carbocycles. The lowest BCUT2D eigenvalue weighted by molar-refractivity contribution is 1.12. The van der Waals surface area contributed by atoms with Crippen LogP contribution in [0.25, 0.3) is 0 Å². The zero-order valence-electron chi connectivity index (χ0n) is 8.33. The van der Waals surface area contributed by atoms with E-state index in [1.807, 2.05) is 36.7 Å². The molecular weight excluding hydrogens is 228 g/mol. The molecule has 0 aliphatic rings. The van der Waals surface area contributed by atoms with Gasteiger partial charge in [0.2, 0.25) is 0 Å². The molecule has 1 N–H and O–H groups in total. The van der Waals surface area contributed by atoms with Gasteiger partial charge in [-0.15, -0.1) is 11.3 Å². The third-order valence-electron chi connectivity index (χ3n) is 2.14. The van der Waals surface area contributed by atoms with Crippen molar-refractivity contribution in [1.29, 1.82) is 0 Å². The van der Waals surface area contributed by atoms with E-state index < -0.39 is 0 Å². The minimum atomic E-state index is 0.759. The summed E-state index contributed by atoms with van der Waals surface area (Å²) in [6.45, 7) is 2.84. The molecule has 1 heterocycles. The van der Waals surface area contributed by atoms with E-state index in [-0.39, 0.29) is 0 Å². The van der Waals surface area contributed by atoms with Gasteiger partial charge >= 0.3 is 0 Å². The van der Waals surface area contributed by atoms with E-state index in [1.54, 1.807) is 11.3 Å². The minimum Gasteiger partial charge on any atom is -0.380 e. The molecule has 0 saturated heterocycles. The Labute approximate surface area is 97.9 Å². The van der Waals surface area contributed by atoms with Crippen LogP contribution in [0.1, 0.15) is 10.6 Å². The summed E-state index contributed by atoms with van der Waals surface area (Å²) in [5.74, 6) is 0. The van der Waals surface area contributed by atoms with E-state index >= 15 is 0 Å². The summed E-state index contributed by atoms with van der Waals surface area (Å²) in [5.41, 5.74) is 4.04. The molecule has 1 aromatic heterocycles. The average molecular weight is 239 g/mol. The highest BCUT2D eigenvalue weighted by atomic mass is 35.5. The standard InChI is InChI=1S/C11H11ClN2S/c1-8-11(15-7-14-8)6-13-10-4-2-9(12)3-5-10/h2-5,7,13H,6H2,1H3. The number of nitrogens with one attached hydrogen (secondary N) is 1. The number of nitrogens with zero attached hydrogens (tertiary/aromatic N) is 1. The largest absolute Gasteiger partial charge is 0.380 e. The maximum Gasteiger partial charge on any atom is 0.0798 e. The molecule has 0 spiro atoms. The van der Waals surface area contributed by atoms with Crippen molar-refractivity contribution in [3.8, 4) is 0 Å². The zero-order valence-corrected chi connectivity index (χ0v) is 9.90. The topological polar surface area (TPSA) is 24.9 Å². The lowest BCUT2D eigenvalue weighted by Crippen LogP contribution is -1.98. The number of hydrogen-bond donors (Lipinski definition) is 1. The molecule has 0 saturated carbocycles. The van der Waals surface area contributed by atoms with Gasteiger partial charge in [0.1, 0.15) is 0 Å². The van der Waals surface area contributed by atoms with Crippen molar-refractivity contribution in [1.82, 2.24) is 4.98 Å². The molecule has 78 valence electrons. The first-order valence-corrected chi connectivity index (χ1v) is 5.90. The summed E-state index contributed by atoms with van der Waals surface area (Å²) in [5, 5.41) is 4.09. The van der Waals surface area contributed by atoms with Crippen molar-refractivity contribution in [3.63, 3.8) is 0 Å². The minimum absolute atomic E-state index is 0.759. The van der Waals surface area contributed by atoms with E-state index in [4.69, 9.17) is 11.6 Å². The van der Waals surface area contributed by atoms with E-state index in [9.17, 15) is 0 Å². The van der Waals surface area contributed by atoms with Gasteiger partial charge in [-0.25, -0.2) is 4.98 Å². The Bertz CT molecular complexity index is 436. The second-order valence-electron chi connectivity index (χ2n) is 3.22. The predicted octanol–water partition coefficient (Wildman–Crippen LogP) is 3.72. The van der Waals surface area contributed by atoms with Crippen LogP contribution in [0.15, 0.2) is 29.8 Å². The molecule has 0 aliphatic heterocycles. The van der Waals surface area contributed by atoms with E-state index in [1.165, 1.54) is 4.88 Å². The first kappa shape index (κ1) is 10.5. The van der Waals surface area contributed by atoms with Gasteiger partial charge in [0.15, 0.2) is 0 Å². The third kappa shape index (κ3) is 2.70. The van der Waals surface area contributed by atoms with E-state index in [0.717, 1.165) is 22.9 Å². The fraction of sp³-hybridized carbons (Fsp3) is 0.182. The zero-order chi connectivity index (χ0) is 10.7. The summed E-state index contributed by atoms with van der Waals surface area (Å²) in [4.78, 5) is 5.47. The Kier molecular flexibility index (Phi) is 3.23. The monoisotopic (exact) mass is 238 g/mol. The number of aryl methyl sites for hydroxylation is 1. The number of benzene rings is 1. The summed E-state index contributed by atoms with van der Waals surface area (Å²) in [6.07, 6.45) is 0. The number of anilines is 1. The molecule has 2 aromatic rings. The van der Waals surface area contributed by atoms with Crippen LogP contribution in [0.4, 0.5) is 5.69 Å². The second-order valence-corrected chi connectivity index (χ2v) is 4.60. The van der Waals surface area contributed by atoms with Crippen LogP contribution in [0.3, 0.4) is 0 Å². The molecule has 4 heteroatoms. The first-order chi connectivity index (χ1) is 7.25. The van der Waals surface area contributed by atoms with Gasteiger partial charge in [-0.2, -0.15) is 0 Å². The number of thiazole rings is 1. The molecule has 0 radical (unpaired) electrons. The third-order valence-corrected chi connectivity index (χ3v) is 3.33. The number of hydrogen-bond acceptors (Lipinski definition) is 3. The quantitative estimate of drug-likeness (QED) is 0.882. The molecular formula is C11H11ClN2S. The molecule has 2 nitrogen and oxygen atoms in total. The summed E-state index contributed by atoms with van der Waals surface area (Å²) in [6, 6.07) is 7.70. The van der Waals surface area contributed by atoms with Crippen molar-refractivity contribution >= 4 is 28.6 Å². The van der Waals surface area contributed by atoms with Gasteiger partial charge in [-0.05, 0) is 31.2 Å². The summed E-state index contributed by atoms with van der Waals surface area (Å²) < 4.78 is 0. The fourth-order valence-electron chi connectivity index (χ4n) is 1.25. The van der Waals surface area contributed by atoms with Crippen molar-refractivity contribution in [2.75, 3.05) is 5.32 Å². The highest BCUT2D eigenvalue weighted by molar-refractivity contribution is 7.09. The molecule has 2 rings (SSSR count). The van der Waals surface area contributed by atoms with Crippen LogP contribution in [-0.4, -0.2) is 4.98 Å². The van der Waals surface area contributed by atoms with Crippen LogP contribution in [0, 0.1) is 6.92 Å². The Morgan fingerprint density at radius 1 is 1.33 bits per heavy atom. The van der Waals surface area contributed by atoms with Crippen LogP contribution in [0.2, 0.25) is 5.02 Å². The van der Waals surface area contributed by atoms with Crippen molar-refractivity contribution in [2.24, 2.45) is 0 Å². The highest BCUT2D eigenvalue weighted by Crippen LogP contribution is 2.17. The van der Waals surface area contributed by atoms with Gasteiger partial charge in [-0.3, -0.25) is 0 Å². The highest BCUT2D eigenvalue weighted by Gasteiger charge is 2.00. The summed E-state index contributed by atoms with van der Waals surface area (Å²) >= 11 is 7.47. The number of rotatable bonds is 3. The van der Waals surface area contributed by atoms with Crippen molar-refractivity contribution < 1.29 is 0 Å². The average Bonchev–Trinajstić information content (AvgIpc) is 2.63. The predicted molar refractivity (Wildman–Crippen MR) is 65.6 cm³/mol. The molecule has 0 atom stereocenters. The van der Waals surface area contributed by atoms with Crippen LogP contribution >= 0.6 is 22.9 Å². The molecule has 0 unspecified atom stereocenters. The number of halogens is 1. The molecule has 0 fully saturated rings. The fourth-order valence-corrected chi connectivity index (χ4v) is 2.09. The lowest BCUT2D eigenvalue weighted by atomic mass is 10.3. The molecule has 0 bridgehead atoms. The van der Waals surface area contributed by atoms with Crippen molar-refractivity contribution in [3.05, 3.63) is 45.4 Å². The SMILES string of the molecule is Cc1ncsc1CNc1ccc(Cl)cc1. The summed E-state index contributed by atoms with van der Waals surface area (Å²) in [7, 11) is 0. The smallest absolute Gasteiger partial charge is 0.0798 e. The Balaban J connectivity index is 1.99. The molecule has 0 amide bonds. The maximum absolute atomic E-state index is 5.80. The van der Waals surface area contributed by atoms with Gasteiger partial charge < -0.3 is 5.32 Å². The Morgan fingerprint density at radius 2 is 2.07 bits per heavy atom. The van der Waals surface area contributed by atoms with Crippen LogP contribution in [0.5, 0.6) is 0 Å². The second kappa shape index (κ2) is 4.64. The van der Waals surface area contributed by atoms with Crippen LogP contribution < -0.4 is 5.32 Å². The first-order valence-electron chi connectivity index (χ1n) is 4.64. The van der Waals surface area contributed by atoms with Gasteiger partial charge in [-0.1, -0.05) is 11.6 Å². The van der Waals surface area contributed by atoms with Gasteiger partial charge in [0.05, 0.1) is 17.7 Å². The normalized spacial score (nSPS) is 10.3. The van der Waals surface area contributed by atoms with Gasteiger partial charge in [0.25, 0.3) is 0 Å². The molecule has 0 aliphatic carbocycles. The number of aromatic nitrogens is 1. The Morgan fingerprint density at radius 3 is 2.67 bits per heavy atom. The van der Waals surface area contributed by atoms with Crippen LogP contribution in [-0.2, 0) is 6.54 Å². The lowest BCUT2D eigenvalue weighted by Gasteiger charge is -2.04. The molecule has 15 heavy (non-hydrogen) atoms. The van der Waals surface area contributed by atoms with E-state index in [0.29, 0.717) is 0 Å². The van der Waals surface area contributed by atoms with E-state index in [2.05, 4.69) is 10.3 Å². The Hall–Kier alpha value is -1.06.